The highest BCUT2D eigenvalue weighted by Crippen LogP contribution is 2.29. The molecule has 5 heteroatoms. The molecule has 2 heterocycles. The van der Waals surface area contributed by atoms with Crippen LogP contribution in [0.25, 0.3) is 0 Å². The maximum absolute atomic E-state index is 9.92. The number of thiophene rings is 1. The highest BCUT2D eigenvalue weighted by atomic mass is 32.1. The first-order valence-electron chi connectivity index (χ1n) is 9.01. The fourth-order valence-corrected chi connectivity index (χ4v) is 4.29. The van der Waals surface area contributed by atoms with Crippen molar-refractivity contribution in [3.05, 3.63) is 46.2 Å². The molecule has 25 heavy (non-hydrogen) atoms. The second-order valence-electron chi connectivity index (χ2n) is 6.89. The molecule has 1 fully saturated rings. The lowest BCUT2D eigenvalue weighted by molar-refractivity contribution is 0.137. The number of phenols is 1. The molecule has 0 aliphatic carbocycles. The molecule has 0 bridgehead atoms. The number of hydrogen-bond acceptors (Lipinski definition) is 5. The molecule has 1 aromatic heterocycles. The maximum atomic E-state index is 9.92. The van der Waals surface area contributed by atoms with Gasteiger partial charge in [0, 0.05) is 18.0 Å². The van der Waals surface area contributed by atoms with Crippen LogP contribution in [-0.2, 0) is 6.54 Å². The third-order valence-electron chi connectivity index (χ3n) is 5.04. The van der Waals surface area contributed by atoms with Crippen LogP contribution in [0.4, 0.5) is 0 Å². The van der Waals surface area contributed by atoms with Crippen molar-refractivity contribution in [2.24, 2.45) is 5.92 Å². The molecule has 1 unspecified atom stereocenters. The molecule has 1 aliphatic heterocycles. The van der Waals surface area contributed by atoms with Gasteiger partial charge in [0.25, 0.3) is 0 Å². The van der Waals surface area contributed by atoms with Gasteiger partial charge in [0.05, 0.1) is 13.2 Å². The SMILES string of the molecule is COc1ccc(CNCC(c2cccs2)N2CCC(C)CC2)cc1O. The van der Waals surface area contributed by atoms with Crippen molar-refractivity contribution in [3.63, 3.8) is 0 Å². The van der Waals surface area contributed by atoms with E-state index < -0.39 is 0 Å². The van der Waals surface area contributed by atoms with E-state index in [1.165, 1.54) is 30.8 Å². The minimum absolute atomic E-state index is 0.196. The molecule has 3 rings (SSSR count). The molecule has 0 radical (unpaired) electrons. The van der Waals surface area contributed by atoms with E-state index >= 15 is 0 Å². The number of likely N-dealkylation sites (tertiary alicyclic amines) is 1. The summed E-state index contributed by atoms with van der Waals surface area (Å²) in [6.45, 7) is 6.36. The monoisotopic (exact) mass is 360 g/mol. The number of nitrogens with zero attached hydrogens (tertiary/aromatic N) is 1. The third-order valence-corrected chi connectivity index (χ3v) is 6.01. The quantitative estimate of drug-likeness (QED) is 0.783. The van der Waals surface area contributed by atoms with Crippen LogP contribution in [-0.4, -0.2) is 36.8 Å². The fraction of sp³-hybridized carbons (Fsp3) is 0.500. The van der Waals surface area contributed by atoms with Crippen LogP contribution in [0.1, 0.15) is 36.2 Å². The molecule has 1 saturated heterocycles. The van der Waals surface area contributed by atoms with Crippen LogP contribution >= 0.6 is 11.3 Å². The van der Waals surface area contributed by atoms with Crippen molar-refractivity contribution in [2.45, 2.75) is 32.4 Å². The molecule has 0 saturated carbocycles. The summed E-state index contributed by atoms with van der Waals surface area (Å²) in [5, 5.41) is 15.7. The van der Waals surface area contributed by atoms with Gasteiger partial charge in [-0.25, -0.2) is 0 Å². The summed E-state index contributed by atoms with van der Waals surface area (Å²) in [7, 11) is 1.57. The Morgan fingerprint density at radius 1 is 1.32 bits per heavy atom. The van der Waals surface area contributed by atoms with Gasteiger partial charge in [0.2, 0.25) is 0 Å². The molecule has 4 nitrogen and oxygen atoms in total. The smallest absolute Gasteiger partial charge is 0.160 e. The van der Waals surface area contributed by atoms with Crippen molar-refractivity contribution in [1.82, 2.24) is 10.2 Å². The van der Waals surface area contributed by atoms with E-state index in [0.29, 0.717) is 11.8 Å². The van der Waals surface area contributed by atoms with Gasteiger partial charge in [-0.05, 0) is 61.0 Å². The van der Waals surface area contributed by atoms with Crippen LogP contribution in [0.15, 0.2) is 35.7 Å². The highest BCUT2D eigenvalue weighted by molar-refractivity contribution is 7.10. The number of piperidine rings is 1. The van der Waals surface area contributed by atoms with Crippen molar-refractivity contribution < 1.29 is 9.84 Å². The number of phenolic OH excluding ortho intramolecular Hbond substituents is 1. The van der Waals surface area contributed by atoms with Gasteiger partial charge in [-0.1, -0.05) is 19.1 Å². The van der Waals surface area contributed by atoms with Crippen molar-refractivity contribution in [1.29, 1.82) is 0 Å². The first-order valence-corrected chi connectivity index (χ1v) is 9.89. The number of benzene rings is 1. The average Bonchev–Trinajstić information content (AvgIpc) is 3.14. The normalized spacial score (nSPS) is 17.5. The molecule has 2 aromatic rings. The Hall–Kier alpha value is -1.56. The van der Waals surface area contributed by atoms with Gasteiger partial charge in [-0.15, -0.1) is 11.3 Å². The molecule has 1 atom stereocenters. The first-order chi connectivity index (χ1) is 12.2. The van der Waals surface area contributed by atoms with E-state index in [-0.39, 0.29) is 5.75 Å². The lowest BCUT2D eigenvalue weighted by Crippen LogP contribution is -2.40. The predicted octanol–water partition coefficient (Wildman–Crippen LogP) is 4.03. The van der Waals surface area contributed by atoms with E-state index in [1.54, 1.807) is 13.2 Å². The molecular formula is C20H28N2O2S. The highest BCUT2D eigenvalue weighted by Gasteiger charge is 2.25. The van der Waals surface area contributed by atoms with Crippen molar-refractivity contribution in [2.75, 3.05) is 26.7 Å². The molecule has 0 amide bonds. The Balaban J connectivity index is 1.60. The third kappa shape index (κ3) is 4.75. The van der Waals surface area contributed by atoms with Gasteiger partial charge in [-0.2, -0.15) is 0 Å². The zero-order chi connectivity index (χ0) is 17.6. The van der Waals surface area contributed by atoms with Crippen LogP contribution in [0, 0.1) is 5.92 Å². The second-order valence-corrected chi connectivity index (χ2v) is 7.87. The Kier molecular flexibility index (Phi) is 6.34. The Morgan fingerprint density at radius 2 is 2.12 bits per heavy atom. The average molecular weight is 361 g/mol. The van der Waals surface area contributed by atoms with Crippen molar-refractivity contribution in [3.8, 4) is 11.5 Å². The summed E-state index contributed by atoms with van der Waals surface area (Å²) in [5.41, 5.74) is 1.07. The van der Waals surface area contributed by atoms with Gasteiger partial charge in [0.15, 0.2) is 11.5 Å². The Morgan fingerprint density at radius 3 is 2.76 bits per heavy atom. The van der Waals surface area contributed by atoms with E-state index in [4.69, 9.17) is 4.74 Å². The standard InChI is InChI=1S/C20H28N2O2S/c1-15-7-9-22(10-8-15)17(20-4-3-11-25-20)14-21-13-16-5-6-19(24-2)18(23)12-16/h3-6,11-12,15,17,21,23H,7-10,13-14H2,1-2H3. The first kappa shape index (κ1) is 18.2. The van der Waals surface area contributed by atoms with Gasteiger partial charge in [0.1, 0.15) is 0 Å². The zero-order valence-corrected chi connectivity index (χ0v) is 15.9. The van der Waals surface area contributed by atoms with E-state index in [2.05, 4.69) is 34.7 Å². The summed E-state index contributed by atoms with van der Waals surface area (Å²) in [6, 6.07) is 10.4. The van der Waals surface area contributed by atoms with Gasteiger partial charge >= 0.3 is 0 Å². The van der Waals surface area contributed by atoms with E-state index in [1.807, 2.05) is 23.5 Å². The van der Waals surface area contributed by atoms with Gasteiger partial charge in [-0.3, -0.25) is 4.90 Å². The molecule has 1 aromatic carbocycles. The van der Waals surface area contributed by atoms with Gasteiger partial charge < -0.3 is 15.2 Å². The van der Waals surface area contributed by atoms with Crippen LogP contribution < -0.4 is 10.1 Å². The fourth-order valence-electron chi connectivity index (χ4n) is 3.43. The number of aromatic hydroxyl groups is 1. The minimum Gasteiger partial charge on any atom is -0.504 e. The predicted molar refractivity (Wildman–Crippen MR) is 103 cm³/mol. The number of hydrogen-bond donors (Lipinski definition) is 2. The number of ether oxygens (including phenoxy) is 1. The molecule has 0 spiro atoms. The number of nitrogens with one attached hydrogen (secondary N) is 1. The molecular weight excluding hydrogens is 332 g/mol. The summed E-state index contributed by atoms with van der Waals surface area (Å²) in [6.07, 6.45) is 2.57. The summed E-state index contributed by atoms with van der Waals surface area (Å²) >= 11 is 1.84. The largest absolute Gasteiger partial charge is 0.504 e. The van der Waals surface area contributed by atoms with E-state index in [9.17, 15) is 5.11 Å². The number of methoxy groups -OCH3 is 1. The Labute approximate surface area is 154 Å². The second kappa shape index (κ2) is 8.70. The summed E-state index contributed by atoms with van der Waals surface area (Å²) in [5.74, 6) is 1.56. The van der Waals surface area contributed by atoms with Crippen molar-refractivity contribution >= 4 is 11.3 Å². The topological polar surface area (TPSA) is 44.7 Å². The molecule has 136 valence electrons. The summed E-state index contributed by atoms with van der Waals surface area (Å²) in [4.78, 5) is 4.05. The maximum Gasteiger partial charge on any atom is 0.160 e. The van der Waals surface area contributed by atoms with Crippen LogP contribution in [0.2, 0.25) is 0 Å². The summed E-state index contributed by atoms with van der Waals surface area (Å²) < 4.78 is 5.10. The minimum atomic E-state index is 0.196. The molecule has 1 aliphatic rings. The molecule has 2 N–H and O–H groups in total. The zero-order valence-electron chi connectivity index (χ0n) is 15.1. The lowest BCUT2D eigenvalue weighted by Gasteiger charge is -2.36. The Bertz CT molecular complexity index is 652. The van der Waals surface area contributed by atoms with Crippen LogP contribution in [0.5, 0.6) is 11.5 Å². The number of rotatable bonds is 7. The van der Waals surface area contributed by atoms with Crippen LogP contribution in [0.3, 0.4) is 0 Å². The van der Waals surface area contributed by atoms with E-state index in [0.717, 1.165) is 24.6 Å². The lowest BCUT2D eigenvalue weighted by atomic mass is 9.97.